The van der Waals surface area contributed by atoms with E-state index in [1.807, 2.05) is 44.2 Å². The average Bonchev–Trinajstić information content (AvgIpc) is 3.04. The van der Waals surface area contributed by atoms with Gasteiger partial charge in [0, 0.05) is 19.5 Å². The van der Waals surface area contributed by atoms with E-state index in [1.165, 1.54) is 17.0 Å². The Balaban J connectivity index is 1.81. The maximum absolute atomic E-state index is 14.5. The third-order valence-corrected chi connectivity index (χ3v) is 10.3. The summed E-state index contributed by atoms with van der Waals surface area (Å²) in [6.45, 7) is 3.66. The number of anilines is 1. The van der Waals surface area contributed by atoms with Gasteiger partial charge in [0.1, 0.15) is 12.6 Å². The lowest BCUT2D eigenvalue weighted by molar-refractivity contribution is -0.140. The van der Waals surface area contributed by atoms with E-state index in [0.29, 0.717) is 22.2 Å². The van der Waals surface area contributed by atoms with Crippen LogP contribution in [0.4, 0.5) is 5.69 Å². The molecule has 0 radical (unpaired) electrons. The predicted molar refractivity (Wildman–Crippen MR) is 186 cm³/mol. The highest BCUT2D eigenvalue weighted by molar-refractivity contribution is 7.92. The third kappa shape index (κ3) is 9.04. The van der Waals surface area contributed by atoms with Crippen LogP contribution in [-0.2, 0) is 32.6 Å². The molecule has 0 saturated carbocycles. The van der Waals surface area contributed by atoms with Gasteiger partial charge >= 0.3 is 0 Å². The second-order valence-electron chi connectivity index (χ2n) is 10.9. The van der Waals surface area contributed by atoms with E-state index in [0.717, 1.165) is 28.3 Å². The van der Waals surface area contributed by atoms with Crippen LogP contribution in [0.25, 0.3) is 0 Å². The summed E-state index contributed by atoms with van der Waals surface area (Å²) in [6.07, 6.45) is 1.83. The number of nitrogens with zero attached hydrogens (tertiary/aromatic N) is 2. The minimum atomic E-state index is -4.27. The van der Waals surface area contributed by atoms with Crippen LogP contribution in [0.2, 0.25) is 15.1 Å². The van der Waals surface area contributed by atoms with Crippen molar-refractivity contribution in [1.82, 2.24) is 10.2 Å². The van der Waals surface area contributed by atoms with Crippen molar-refractivity contribution in [3.8, 4) is 0 Å². The molecule has 2 amide bonds. The van der Waals surface area contributed by atoms with Crippen LogP contribution >= 0.6 is 34.8 Å². The van der Waals surface area contributed by atoms with E-state index < -0.39 is 28.5 Å². The Hall–Kier alpha value is -3.56. The summed E-state index contributed by atoms with van der Waals surface area (Å²) in [5.74, 6) is -0.954. The van der Waals surface area contributed by atoms with Crippen LogP contribution in [0.3, 0.4) is 0 Å². The molecular weight excluding hydrogens is 665 g/mol. The molecule has 0 aliphatic rings. The van der Waals surface area contributed by atoms with Crippen molar-refractivity contribution in [2.24, 2.45) is 0 Å². The molecule has 1 N–H and O–H groups in total. The number of sulfonamides is 1. The molecule has 46 heavy (non-hydrogen) atoms. The van der Waals surface area contributed by atoms with E-state index in [2.05, 4.69) is 5.32 Å². The fourth-order valence-electron chi connectivity index (χ4n) is 4.90. The molecule has 0 bridgehead atoms. The van der Waals surface area contributed by atoms with Gasteiger partial charge in [0.25, 0.3) is 10.0 Å². The first-order chi connectivity index (χ1) is 22.0. The highest BCUT2D eigenvalue weighted by Crippen LogP contribution is 2.31. The number of unbranched alkanes of at least 4 members (excludes halogenated alkanes) is 1. The summed E-state index contributed by atoms with van der Waals surface area (Å²) in [4.78, 5) is 29.8. The Morgan fingerprint density at radius 3 is 2.13 bits per heavy atom. The van der Waals surface area contributed by atoms with E-state index in [1.54, 1.807) is 54.6 Å². The van der Waals surface area contributed by atoms with Gasteiger partial charge in [-0.3, -0.25) is 13.9 Å². The number of hydrogen-bond acceptors (Lipinski definition) is 4. The van der Waals surface area contributed by atoms with Crippen LogP contribution in [0, 0.1) is 6.92 Å². The second-order valence-corrected chi connectivity index (χ2v) is 14.0. The maximum atomic E-state index is 14.5. The Kier molecular flexibility index (Phi) is 12.5. The number of benzene rings is 4. The second kappa shape index (κ2) is 16.3. The van der Waals surface area contributed by atoms with Crippen LogP contribution < -0.4 is 9.62 Å². The van der Waals surface area contributed by atoms with Gasteiger partial charge < -0.3 is 10.2 Å². The minimum Gasteiger partial charge on any atom is -0.354 e. The number of rotatable bonds is 14. The van der Waals surface area contributed by atoms with Gasteiger partial charge in [0.15, 0.2) is 0 Å². The van der Waals surface area contributed by atoms with Crippen LogP contribution in [0.1, 0.15) is 36.5 Å². The summed E-state index contributed by atoms with van der Waals surface area (Å²) < 4.78 is 29.3. The van der Waals surface area contributed by atoms with Crippen molar-refractivity contribution in [3.63, 3.8) is 0 Å². The molecule has 0 fully saturated rings. The fraction of sp³-hybridized carbons (Fsp3) is 0.257. The Morgan fingerprint density at radius 2 is 1.48 bits per heavy atom. The van der Waals surface area contributed by atoms with Crippen LogP contribution in [0.15, 0.2) is 102 Å². The largest absolute Gasteiger partial charge is 0.354 e. The first kappa shape index (κ1) is 35.3. The van der Waals surface area contributed by atoms with Crippen molar-refractivity contribution < 1.29 is 18.0 Å². The zero-order chi connectivity index (χ0) is 33.3. The molecule has 0 aromatic heterocycles. The number of carbonyl (C=O) groups is 2. The summed E-state index contributed by atoms with van der Waals surface area (Å²) in [6, 6.07) is 26.1. The molecule has 0 aliphatic carbocycles. The maximum Gasteiger partial charge on any atom is 0.264 e. The standard InChI is InChI=1S/C35H36Cl3N3O4S/c1-3-4-20-39-35(43)33(22-26-10-6-5-7-11-26)40(23-27-16-19-29(36)31(38)21-27)34(42)24-41(32-13-9-8-12-30(32)37)46(44,45)28-17-14-25(2)15-18-28/h5-19,21,33H,3-4,20,22-24H2,1-2H3,(H,39,43)/t33-/m0/s1. The molecule has 1 atom stereocenters. The van der Waals surface area contributed by atoms with Gasteiger partial charge in [0.05, 0.1) is 25.7 Å². The number of para-hydroxylation sites is 1. The van der Waals surface area contributed by atoms with Crippen LogP contribution in [0.5, 0.6) is 0 Å². The number of amides is 2. The first-order valence-corrected chi connectivity index (χ1v) is 17.5. The van der Waals surface area contributed by atoms with Gasteiger partial charge in [-0.1, -0.05) is 114 Å². The van der Waals surface area contributed by atoms with Crippen molar-refractivity contribution in [2.75, 3.05) is 17.4 Å². The topological polar surface area (TPSA) is 86.8 Å². The van der Waals surface area contributed by atoms with Crippen molar-refractivity contribution in [3.05, 3.63) is 129 Å². The van der Waals surface area contributed by atoms with Crippen molar-refractivity contribution >= 4 is 62.3 Å². The van der Waals surface area contributed by atoms with Gasteiger partial charge in [0.2, 0.25) is 11.8 Å². The Morgan fingerprint density at radius 1 is 0.804 bits per heavy atom. The molecule has 0 spiro atoms. The minimum absolute atomic E-state index is 0.00000276. The normalized spacial score (nSPS) is 11.9. The molecule has 0 heterocycles. The quantitative estimate of drug-likeness (QED) is 0.137. The molecule has 242 valence electrons. The van der Waals surface area contributed by atoms with Crippen molar-refractivity contribution in [2.45, 2.75) is 50.6 Å². The molecule has 7 nitrogen and oxygen atoms in total. The monoisotopic (exact) mass is 699 g/mol. The average molecular weight is 701 g/mol. The van der Waals surface area contributed by atoms with E-state index >= 15 is 0 Å². The van der Waals surface area contributed by atoms with Crippen LogP contribution in [-0.4, -0.2) is 44.3 Å². The SMILES string of the molecule is CCCCNC(=O)[C@H](Cc1ccccc1)N(Cc1ccc(Cl)c(Cl)c1)C(=O)CN(c1ccccc1Cl)S(=O)(=O)c1ccc(C)cc1. The molecule has 4 rings (SSSR count). The van der Waals surface area contributed by atoms with Gasteiger partial charge in [-0.25, -0.2) is 8.42 Å². The third-order valence-electron chi connectivity index (χ3n) is 7.45. The van der Waals surface area contributed by atoms with Gasteiger partial charge in [-0.2, -0.15) is 0 Å². The highest BCUT2D eigenvalue weighted by Gasteiger charge is 2.35. The summed E-state index contributed by atoms with van der Waals surface area (Å²) in [5.41, 5.74) is 2.47. The summed E-state index contributed by atoms with van der Waals surface area (Å²) in [7, 11) is -4.27. The summed E-state index contributed by atoms with van der Waals surface area (Å²) >= 11 is 19.0. The van der Waals surface area contributed by atoms with Gasteiger partial charge in [-0.15, -0.1) is 0 Å². The lowest BCUT2D eigenvalue weighted by Crippen LogP contribution is -2.53. The number of aryl methyl sites for hydroxylation is 1. The molecule has 11 heteroatoms. The predicted octanol–water partition coefficient (Wildman–Crippen LogP) is 7.71. The zero-order valence-corrected chi connectivity index (χ0v) is 28.7. The molecule has 4 aromatic carbocycles. The smallest absolute Gasteiger partial charge is 0.264 e. The van der Waals surface area contributed by atoms with Gasteiger partial charge in [-0.05, 0) is 60.9 Å². The first-order valence-electron chi connectivity index (χ1n) is 14.9. The van der Waals surface area contributed by atoms with E-state index in [4.69, 9.17) is 34.8 Å². The number of hydrogen-bond donors (Lipinski definition) is 1. The molecule has 0 saturated heterocycles. The Labute approximate surface area is 286 Å². The van der Waals surface area contributed by atoms with E-state index in [9.17, 15) is 18.0 Å². The van der Waals surface area contributed by atoms with E-state index in [-0.39, 0.29) is 34.5 Å². The number of carbonyl (C=O) groups excluding carboxylic acids is 2. The lowest BCUT2D eigenvalue weighted by atomic mass is 10.0. The molecule has 0 unspecified atom stereocenters. The Bertz CT molecular complexity index is 1750. The molecular formula is C35H36Cl3N3O4S. The highest BCUT2D eigenvalue weighted by atomic mass is 35.5. The lowest BCUT2D eigenvalue weighted by Gasteiger charge is -2.34. The molecule has 0 aliphatic heterocycles. The summed E-state index contributed by atoms with van der Waals surface area (Å²) in [5, 5.41) is 3.75. The number of nitrogens with one attached hydrogen (secondary N) is 1. The zero-order valence-electron chi connectivity index (χ0n) is 25.6. The fourth-order valence-corrected chi connectivity index (χ4v) is 6.94. The molecule has 4 aromatic rings. The number of halogens is 3. The van der Waals surface area contributed by atoms with Crippen molar-refractivity contribution in [1.29, 1.82) is 0 Å².